The van der Waals surface area contributed by atoms with Gasteiger partial charge in [0.1, 0.15) is 0 Å². The van der Waals surface area contributed by atoms with Gasteiger partial charge in [-0.1, -0.05) is 40.9 Å². The van der Waals surface area contributed by atoms with Crippen molar-refractivity contribution >= 4 is 46.6 Å². The molecule has 2 aromatic rings. The van der Waals surface area contributed by atoms with Gasteiger partial charge in [-0.05, 0) is 54.8 Å². The lowest BCUT2D eigenvalue weighted by Gasteiger charge is -2.44. The van der Waals surface area contributed by atoms with Gasteiger partial charge in [-0.2, -0.15) is 0 Å². The minimum Gasteiger partial charge on any atom is -0.380 e. The summed E-state index contributed by atoms with van der Waals surface area (Å²) in [6.45, 7) is 1.93. The summed E-state index contributed by atoms with van der Waals surface area (Å²) in [5, 5.41) is 1.48. The molecule has 0 aromatic heterocycles. The topological polar surface area (TPSA) is 75.9 Å². The summed E-state index contributed by atoms with van der Waals surface area (Å²) in [4.78, 5) is 30.3. The largest absolute Gasteiger partial charge is 0.380 e. The van der Waals surface area contributed by atoms with Crippen LogP contribution in [0, 0.1) is 5.92 Å². The highest BCUT2D eigenvalue weighted by molar-refractivity contribution is 6.42. The molecule has 0 unspecified atom stereocenters. The summed E-state index contributed by atoms with van der Waals surface area (Å²) < 4.78 is 5.41. The van der Waals surface area contributed by atoms with Crippen LogP contribution in [0.4, 0.5) is 0 Å². The Bertz CT molecular complexity index is 1050. The van der Waals surface area contributed by atoms with Crippen LogP contribution in [0.2, 0.25) is 15.1 Å². The number of likely N-dealkylation sites (tertiary alicyclic amines) is 1. The van der Waals surface area contributed by atoms with E-state index in [9.17, 15) is 9.59 Å². The zero-order valence-electron chi connectivity index (χ0n) is 18.9. The van der Waals surface area contributed by atoms with Gasteiger partial charge >= 0.3 is 0 Å². The first-order chi connectivity index (χ1) is 16.3. The molecule has 0 radical (unpaired) electrons. The fraction of sp³-hybridized carbons (Fsp3) is 0.440. The SMILES string of the molecule is CN(C(=O)c1ccc(Cl)cc1)[C@@H]1CCN(C(=O)[C@H]2CCOC[C@H]2N)C[C@H]1c1ccc(Cl)c(Cl)c1. The van der Waals surface area contributed by atoms with Crippen LogP contribution in [0.3, 0.4) is 0 Å². The van der Waals surface area contributed by atoms with Crippen LogP contribution in [0.1, 0.15) is 34.7 Å². The van der Waals surface area contributed by atoms with Crippen LogP contribution in [0.25, 0.3) is 0 Å². The van der Waals surface area contributed by atoms with E-state index in [-0.39, 0.29) is 35.7 Å². The smallest absolute Gasteiger partial charge is 0.253 e. The molecule has 2 heterocycles. The number of carbonyl (C=O) groups is 2. The van der Waals surface area contributed by atoms with E-state index in [0.29, 0.717) is 59.8 Å². The predicted octanol–water partition coefficient (Wildman–Crippen LogP) is 4.47. The van der Waals surface area contributed by atoms with Gasteiger partial charge in [0.2, 0.25) is 5.91 Å². The maximum atomic E-state index is 13.4. The number of benzene rings is 2. The van der Waals surface area contributed by atoms with Crippen LogP contribution in [-0.2, 0) is 9.53 Å². The Hall–Kier alpha value is -1.83. The van der Waals surface area contributed by atoms with Gasteiger partial charge in [-0.3, -0.25) is 9.59 Å². The summed E-state index contributed by atoms with van der Waals surface area (Å²) in [5.74, 6) is -0.443. The lowest BCUT2D eigenvalue weighted by atomic mass is 9.83. The fourth-order valence-electron chi connectivity index (χ4n) is 4.92. The molecule has 2 aliphatic heterocycles. The third kappa shape index (κ3) is 5.37. The number of hydrogen-bond donors (Lipinski definition) is 1. The van der Waals surface area contributed by atoms with E-state index in [2.05, 4.69) is 0 Å². The molecule has 34 heavy (non-hydrogen) atoms. The Morgan fingerprint density at radius 3 is 2.47 bits per heavy atom. The summed E-state index contributed by atoms with van der Waals surface area (Å²) in [7, 11) is 1.80. The second-order valence-electron chi connectivity index (χ2n) is 8.98. The van der Waals surface area contributed by atoms with E-state index in [1.54, 1.807) is 42.3 Å². The second kappa shape index (κ2) is 10.8. The van der Waals surface area contributed by atoms with E-state index >= 15 is 0 Å². The van der Waals surface area contributed by atoms with Crippen LogP contribution in [-0.4, -0.2) is 67.0 Å². The van der Waals surface area contributed by atoms with E-state index < -0.39 is 0 Å². The monoisotopic (exact) mass is 523 g/mol. The van der Waals surface area contributed by atoms with Gasteiger partial charge in [-0.15, -0.1) is 0 Å². The molecule has 0 bridgehead atoms. The molecule has 0 spiro atoms. The van der Waals surface area contributed by atoms with Crippen molar-refractivity contribution in [1.82, 2.24) is 9.80 Å². The molecule has 2 aromatic carbocycles. The van der Waals surface area contributed by atoms with Crippen molar-refractivity contribution in [3.05, 3.63) is 68.7 Å². The molecule has 2 aliphatic rings. The Morgan fingerprint density at radius 1 is 1.06 bits per heavy atom. The number of piperidine rings is 1. The zero-order chi connectivity index (χ0) is 24.4. The van der Waals surface area contributed by atoms with Crippen LogP contribution in [0.15, 0.2) is 42.5 Å². The molecule has 2 fully saturated rings. The summed E-state index contributed by atoms with van der Waals surface area (Å²) in [5.41, 5.74) is 7.69. The van der Waals surface area contributed by atoms with Gasteiger partial charge in [0.15, 0.2) is 0 Å². The first-order valence-electron chi connectivity index (χ1n) is 11.4. The van der Waals surface area contributed by atoms with Crippen molar-refractivity contribution in [2.24, 2.45) is 11.7 Å². The second-order valence-corrected chi connectivity index (χ2v) is 10.2. The number of hydrogen-bond acceptors (Lipinski definition) is 4. The Balaban J connectivity index is 1.60. The van der Waals surface area contributed by atoms with E-state index in [1.807, 2.05) is 17.0 Å². The Kier molecular flexibility index (Phi) is 8.05. The van der Waals surface area contributed by atoms with Gasteiger partial charge in [-0.25, -0.2) is 0 Å². The van der Waals surface area contributed by atoms with Crippen molar-refractivity contribution in [3.63, 3.8) is 0 Å². The average molecular weight is 525 g/mol. The molecule has 2 N–H and O–H groups in total. The molecular weight excluding hydrogens is 497 g/mol. The number of rotatable bonds is 4. The number of likely N-dealkylation sites (N-methyl/N-ethyl adjacent to an activating group) is 1. The molecule has 2 saturated heterocycles. The van der Waals surface area contributed by atoms with Gasteiger partial charge < -0.3 is 20.3 Å². The summed E-state index contributed by atoms with van der Waals surface area (Å²) >= 11 is 18.5. The standard InChI is InChI=1S/C25H28Cl3N3O3/c1-30(24(32)15-2-5-17(26)6-3-15)23-8-10-31(25(33)18-9-11-34-14-22(18)29)13-19(23)16-4-7-20(27)21(28)12-16/h2-7,12,18-19,22-23H,8-11,13-14,29H2,1H3/t18-,19-,22+,23+/m0/s1. The van der Waals surface area contributed by atoms with Crippen LogP contribution in [0.5, 0.6) is 0 Å². The molecule has 4 rings (SSSR count). The van der Waals surface area contributed by atoms with E-state index in [1.165, 1.54) is 0 Å². The molecule has 6 nitrogen and oxygen atoms in total. The van der Waals surface area contributed by atoms with Gasteiger partial charge in [0.25, 0.3) is 5.91 Å². The third-order valence-electron chi connectivity index (χ3n) is 6.89. The molecular formula is C25H28Cl3N3O3. The van der Waals surface area contributed by atoms with Crippen LogP contribution >= 0.6 is 34.8 Å². The summed E-state index contributed by atoms with van der Waals surface area (Å²) in [6, 6.07) is 11.9. The quantitative estimate of drug-likeness (QED) is 0.640. The molecule has 0 aliphatic carbocycles. The first kappa shape index (κ1) is 25.3. The minimum atomic E-state index is -0.309. The number of ether oxygens (including phenoxy) is 1. The molecule has 4 atom stereocenters. The third-order valence-corrected chi connectivity index (χ3v) is 7.88. The molecule has 182 valence electrons. The molecule has 2 amide bonds. The lowest BCUT2D eigenvalue weighted by molar-refractivity contribution is -0.141. The number of amides is 2. The van der Waals surface area contributed by atoms with Gasteiger partial charge in [0.05, 0.1) is 22.6 Å². The highest BCUT2D eigenvalue weighted by atomic mass is 35.5. The highest BCUT2D eigenvalue weighted by Crippen LogP contribution is 2.35. The Morgan fingerprint density at radius 2 is 1.79 bits per heavy atom. The maximum absolute atomic E-state index is 13.4. The van der Waals surface area contributed by atoms with Crippen LogP contribution < -0.4 is 5.73 Å². The zero-order valence-corrected chi connectivity index (χ0v) is 21.2. The average Bonchev–Trinajstić information content (AvgIpc) is 2.85. The lowest BCUT2D eigenvalue weighted by Crippen LogP contribution is -2.55. The fourth-order valence-corrected chi connectivity index (χ4v) is 5.35. The van der Waals surface area contributed by atoms with Crippen molar-refractivity contribution in [2.45, 2.75) is 30.8 Å². The van der Waals surface area contributed by atoms with Crippen molar-refractivity contribution < 1.29 is 14.3 Å². The molecule has 0 saturated carbocycles. The number of nitrogens with two attached hydrogens (primary N) is 1. The van der Waals surface area contributed by atoms with E-state index in [4.69, 9.17) is 45.3 Å². The summed E-state index contributed by atoms with van der Waals surface area (Å²) in [6.07, 6.45) is 1.25. The normalized spacial score (nSPS) is 25.1. The predicted molar refractivity (Wildman–Crippen MR) is 135 cm³/mol. The first-order valence-corrected chi connectivity index (χ1v) is 12.5. The molecule has 9 heteroatoms. The van der Waals surface area contributed by atoms with Crippen molar-refractivity contribution in [3.8, 4) is 0 Å². The Labute approximate surface area is 214 Å². The number of halogens is 3. The van der Waals surface area contributed by atoms with Gasteiger partial charge in [0, 0.05) is 55.3 Å². The highest BCUT2D eigenvalue weighted by Gasteiger charge is 2.40. The van der Waals surface area contributed by atoms with Crippen molar-refractivity contribution in [1.29, 1.82) is 0 Å². The maximum Gasteiger partial charge on any atom is 0.253 e. The number of nitrogens with zero attached hydrogens (tertiary/aromatic N) is 2. The number of carbonyl (C=O) groups excluding carboxylic acids is 2. The van der Waals surface area contributed by atoms with E-state index in [0.717, 1.165) is 5.56 Å². The van der Waals surface area contributed by atoms with Crippen molar-refractivity contribution in [2.75, 3.05) is 33.4 Å². The minimum absolute atomic E-state index is 0.0472.